The number of hydrogen-bond donors (Lipinski definition) is 1. The maximum atomic E-state index is 5.52. The lowest BCUT2D eigenvalue weighted by Gasteiger charge is -2.02. The first kappa shape index (κ1) is 8.25. The molecule has 5 heteroatoms. The summed E-state index contributed by atoms with van der Waals surface area (Å²) in [5, 5.41) is 2.88. The van der Waals surface area contributed by atoms with Gasteiger partial charge in [0.25, 0.3) is 0 Å². The average molecular weight is 195 g/mol. The molecule has 13 heavy (non-hydrogen) atoms. The Morgan fingerprint density at radius 1 is 1.54 bits per heavy atom. The second kappa shape index (κ2) is 3.18. The van der Waals surface area contributed by atoms with Crippen LogP contribution in [0.2, 0.25) is 0 Å². The summed E-state index contributed by atoms with van der Waals surface area (Å²) in [6.45, 7) is 2.50. The Labute approximate surface area is 79.4 Å². The number of nitrogens with two attached hydrogens (primary N) is 1. The van der Waals surface area contributed by atoms with Gasteiger partial charge in [-0.05, 0) is 18.4 Å². The van der Waals surface area contributed by atoms with Crippen LogP contribution in [0.3, 0.4) is 0 Å². The fourth-order valence-corrected chi connectivity index (χ4v) is 1.85. The molecule has 0 atom stereocenters. The SMILES string of the molecule is CCOc1nc(N)nc2sccc12. The van der Waals surface area contributed by atoms with Crippen molar-refractivity contribution in [1.82, 2.24) is 9.97 Å². The Morgan fingerprint density at radius 2 is 2.38 bits per heavy atom. The zero-order valence-corrected chi connectivity index (χ0v) is 7.97. The van der Waals surface area contributed by atoms with Crippen LogP contribution in [-0.2, 0) is 0 Å². The van der Waals surface area contributed by atoms with Gasteiger partial charge in [0.15, 0.2) is 0 Å². The Kier molecular flexibility index (Phi) is 2.02. The molecule has 0 unspecified atom stereocenters. The van der Waals surface area contributed by atoms with Crippen molar-refractivity contribution >= 4 is 27.5 Å². The Hall–Kier alpha value is -1.36. The van der Waals surface area contributed by atoms with Gasteiger partial charge in [-0.2, -0.15) is 4.98 Å². The molecule has 0 fully saturated rings. The minimum atomic E-state index is 0.262. The average Bonchev–Trinajstić information content (AvgIpc) is 2.52. The highest BCUT2D eigenvalue weighted by atomic mass is 32.1. The van der Waals surface area contributed by atoms with Gasteiger partial charge in [0.2, 0.25) is 11.8 Å². The van der Waals surface area contributed by atoms with E-state index in [1.807, 2.05) is 18.4 Å². The largest absolute Gasteiger partial charge is 0.477 e. The Bertz CT molecular complexity index is 426. The molecule has 0 bridgehead atoms. The first-order valence-electron chi connectivity index (χ1n) is 3.94. The van der Waals surface area contributed by atoms with E-state index in [1.54, 1.807) is 0 Å². The number of anilines is 1. The summed E-state index contributed by atoms with van der Waals surface area (Å²) in [7, 11) is 0. The topological polar surface area (TPSA) is 61.0 Å². The third kappa shape index (κ3) is 1.42. The maximum Gasteiger partial charge on any atom is 0.227 e. The molecule has 2 rings (SSSR count). The van der Waals surface area contributed by atoms with Gasteiger partial charge in [-0.1, -0.05) is 0 Å². The maximum absolute atomic E-state index is 5.52. The normalized spacial score (nSPS) is 10.5. The molecule has 0 saturated carbocycles. The first-order chi connectivity index (χ1) is 6.31. The minimum Gasteiger partial charge on any atom is -0.477 e. The molecule has 0 aliphatic heterocycles. The molecule has 0 aliphatic carbocycles. The van der Waals surface area contributed by atoms with Crippen molar-refractivity contribution in [3.05, 3.63) is 11.4 Å². The smallest absolute Gasteiger partial charge is 0.227 e. The molecular formula is C8H9N3OS. The lowest BCUT2D eigenvalue weighted by molar-refractivity contribution is 0.331. The Balaban J connectivity index is 2.63. The number of rotatable bonds is 2. The fourth-order valence-electron chi connectivity index (χ4n) is 1.09. The predicted octanol–water partition coefficient (Wildman–Crippen LogP) is 1.67. The van der Waals surface area contributed by atoms with Crippen molar-refractivity contribution in [3.63, 3.8) is 0 Å². The standard InChI is InChI=1S/C8H9N3OS/c1-2-12-6-5-3-4-13-7(5)11-8(9)10-6/h3-4H,2H2,1H3,(H2,9,10,11). The van der Waals surface area contributed by atoms with Crippen LogP contribution in [0.4, 0.5) is 5.95 Å². The van der Waals surface area contributed by atoms with Crippen molar-refractivity contribution in [3.8, 4) is 5.88 Å². The number of nitrogen functional groups attached to an aromatic ring is 1. The molecule has 0 saturated heterocycles. The van der Waals surface area contributed by atoms with E-state index in [-0.39, 0.29) is 5.95 Å². The third-order valence-electron chi connectivity index (χ3n) is 1.59. The summed E-state index contributed by atoms with van der Waals surface area (Å²) in [5.41, 5.74) is 5.52. The zero-order valence-electron chi connectivity index (χ0n) is 7.15. The van der Waals surface area contributed by atoms with Crippen molar-refractivity contribution in [2.24, 2.45) is 0 Å². The number of aromatic nitrogens is 2. The van der Waals surface area contributed by atoms with Gasteiger partial charge in [-0.15, -0.1) is 11.3 Å². The molecule has 0 spiro atoms. The molecule has 4 nitrogen and oxygen atoms in total. The van der Waals surface area contributed by atoms with Crippen molar-refractivity contribution in [2.75, 3.05) is 12.3 Å². The van der Waals surface area contributed by atoms with Crippen LogP contribution in [-0.4, -0.2) is 16.6 Å². The van der Waals surface area contributed by atoms with Gasteiger partial charge in [0, 0.05) is 0 Å². The third-order valence-corrected chi connectivity index (χ3v) is 2.40. The van der Waals surface area contributed by atoms with Gasteiger partial charge in [0.05, 0.1) is 12.0 Å². The fraction of sp³-hybridized carbons (Fsp3) is 0.250. The van der Waals surface area contributed by atoms with Crippen LogP contribution in [0, 0.1) is 0 Å². The molecule has 2 aromatic rings. The highest BCUT2D eigenvalue weighted by Crippen LogP contribution is 2.27. The predicted molar refractivity (Wildman–Crippen MR) is 53.0 cm³/mol. The Morgan fingerprint density at radius 3 is 3.15 bits per heavy atom. The van der Waals surface area contributed by atoms with Gasteiger partial charge < -0.3 is 10.5 Å². The van der Waals surface area contributed by atoms with E-state index in [9.17, 15) is 0 Å². The van der Waals surface area contributed by atoms with E-state index in [2.05, 4.69) is 9.97 Å². The van der Waals surface area contributed by atoms with Crippen molar-refractivity contribution < 1.29 is 4.74 Å². The molecule has 0 radical (unpaired) electrons. The number of ether oxygens (including phenoxy) is 1. The molecule has 2 aromatic heterocycles. The highest BCUT2D eigenvalue weighted by Gasteiger charge is 2.07. The first-order valence-corrected chi connectivity index (χ1v) is 4.82. The monoisotopic (exact) mass is 195 g/mol. The molecule has 2 heterocycles. The van der Waals surface area contributed by atoms with E-state index in [0.717, 1.165) is 10.2 Å². The summed E-state index contributed by atoms with van der Waals surface area (Å²) >= 11 is 1.53. The van der Waals surface area contributed by atoms with Crippen LogP contribution >= 0.6 is 11.3 Å². The molecule has 0 aromatic carbocycles. The highest BCUT2D eigenvalue weighted by molar-refractivity contribution is 7.16. The van der Waals surface area contributed by atoms with E-state index in [1.165, 1.54) is 11.3 Å². The van der Waals surface area contributed by atoms with E-state index >= 15 is 0 Å². The van der Waals surface area contributed by atoms with Gasteiger partial charge >= 0.3 is 0 Å². The van der Waals surface area contributed by atoms with E-state index < -0.39 is 0 Å². The van der Waals surface area contributed by atoms with Gasteiger partial charge in [-0.3, -0.25) is 0 Å². The van der Waals surface area contributed by atoms with Crippen LogP contribution in [0.15, 0.2) is 11.4 Å². The lowest BCUT2D eigenvalue weighted by atomic mass is 10.4. The van der Waals surface area contributed by atoms with Crippen LogP contribution in [0.1, 0.15) is 6.92 Å². The van der Waals surface area contributed by atoms with Crippen LogP contribution < -0.4 is 10.5 Å². The second-order valence-electron chi connectivity index (χ2n) is 2.46. The summed E-state index contributed by atoms with van der Waals surface area (Å²) in [6.07, 6.45) is 0. The van der Waals surface area contributed by atoms with Crippen molar-refractivity contribution in [1.29, 1.82) is 0 Å². The van der Waals surface area contributed by atoms with Gasteiger partial charge in [0.1, 0.15) is 4.83 Å². The van der Waals surface area contributed by atoms with Crippen molar-refractivity contribution in [2.45, 2.75) is 6.92 Å². The van der Waals surface area contributed by atoms with Crippen LogP contribution in [0.25, 0.3) is 10.2 Å². The summed E-state index contributed by atoms with van der Waals surface area (Å²) in [4.78, 5) is 8.97. The van der Waals surface area contributed by atoms with E-state index in [4.69, 9.17) is 10.5 Å². The quantitative estimate of drug-likeness (QED) is 0.791. The zero-order chi connectivity index (χ0) is 9.26. The molecule has 0 amide bonds. The second-order valence-corrected chi connectivity index (χ2v) is 3.35. The van der Waals surface area contributed by atoms with E-state index in [0.29, 0.717) is 12.5 Å². The molecular weight excluding hydrogens is 186 g/mol. The molecule has 2 N–H and O–H groups in total. The number of thiophene rings is 1. The summed E-state index contributed by atoms with van der Waals surface area (Å²) < 4.78 is 5.33. The number of fused-ring (bicyclic) bond motifs is 1. The van der Waals surface area contributed by atoms with Crippen LogP contribution in [0.5, 0.6) is 5.88 Å². The minimum absolute atomic E-state index is 0.262. The summed E-state index contributed by atoms with van der Waals surface area (Å²) in [5.74, 6) is 0.838. The number of nitrogens with zero attached hydrogens (tertiary/aromatic N) is 2. The van der Waals surface area contributed by atoms with Gasteiger partial charge in [-0.25, -0.2) is 4.98 Å². The lowest BCUT2D eigenvalue weighted by Crippen LogP contribution is -1.99. The number of hydrogen-bond acceptors (Lipinski definition) is 5. The molecule has 68 valence electrons. The summed E-state index contributed by atoms with van der Waals surface area (Å²) in [6, 6.07) is 1.93. The molecule has 0 aliphatic rings.